The standard InChI is InChI=1S/C9H15N2O5P/c1-15-17(14,16-2)8-9(13)11-5-3-4-6(11)7(12)10-8/h6,8H,3-5H2,1-2H3,(H,10,12)/t6-,8?/m0/s1. The minimum absolute atomic E-state index is 0.290. The topological polar surface area (TPSA) is 84.9 Å². The summed E-state index contributed by atoms with van der Waals surface area (Å²) in [4.78, 5) is 25.3. The van der Waals surface area contributed by atoms with E-state index >= 15 is 0 Å². The summed E-state index contributed by atoms with van der Waals surface area (Å²) in [5, 5.41) is 2.44. The van der Waals surface area contributed by atoms with Crippen LogP contribution in [0.5, 0.6) is 0 Å². The summed E-state index contributed by atoms with van der Waals surface area (Å²) >= 11 is 0. The number of nitrogens with zero attached hydrogens (tertiary/aromatic N) is 1. The molecule has 2 saturated heterocycles. The van der Waals surface area contributed by atoms with Gasteiger partial charge < -0.3 is 19.3 Å². The summed E-state index contributed by atoms with van der Waals surface area (Å²) in [5.41, 5.74) is 0. The summed E-state index contributed by atoms with van der Waals surface area (Å²) in [6, 6.07) is -0.430. The van der Waals surface area contributed by atoms with E-state index in [1.54, 1.807) is 0 Å². The fraction of sp³-hybridized carbons (Fsp3) is 0.778. The first-order valence-corrected chi connectivity index (χ1v) is 6.96. The summed E-state index contributed by atoms with van der Waals surface area (Å²) in [5.74, 6) is -1.90. The molecule has 2 atom stereocenters. The number of carbonyl (C=O) groups excluding carboxylic acids is 2. The molecule has 2 aliphatic heterocycles. The van der Waals surface area contributed by atoms with Crippen LogP contribution in [0.3, 0.4) is 0 Å². The molecule has 0 saturated carbocycles. The van der Waals surface area contributed by atoms with E-state index in [0.29, 0.717) is 13.0 Å². The van der Waals surface area contributed by atoms with Crippen LogP contribution in [-0.2, 0) is 23.2 Å². The SMILES string of the molecule is COP(=O)(OC)C1NC(=O)[C@@H]2CCCN2C1=O. The van der Waals surface area contributed by atoms with E-state index in [-0.39, 0.29) is 11.8 Å². The Morgan fingerprint density at radius 1 is 1.35 bits per heavy atom. The van der Waals surface area contributed by atoms with Crippen molar-refractivity contribution in [3.05, 3.63) is 0 Å². The maximum Gasteiger partial charge on any atom is 0.361 e. The van der Waals surface area contributed by atoms with Crippen molar-refractivity contribution in [2.75, 3.05) is 20.8 Å². The minimum atomic E-state index is -3.62. The highest BCUT2D eigenvalue weighted by Crippen LogP contribution is 2.52. The Morgan fingerprint density at radius 3 is 2.59 bits per heavy atom. The third kappa shape index (κ3) is 1.88. The van der Waals surface area contributed by atoms with Crippen molar-refractivity contribution < 1.29 is 23.2 Å². The molecule has 96 valence electrons. The van der Waals surface area contributed by atoms with E-state index in [0.717, 1.165) is 6.42 Å². The van der Waals surface area contributed by atoms with Gasteiger partial charge in [0.15, 0.2) is 0 Å². The fourth-order valence-corrected chi connectivity index (χ4v) is 3.53. The summed E-state index contributed by atoms with van der Waals surface area (Å²) in [6.45, 7) is 0.515. The molecule has 8 heteroatoms. The lowest BCUT2D eigenvalue weighted by Crippen LogP contribution is -2.60. The van der Waals surface area contributed by atoms with Gasteiger partial charge in [-0.1, -0.05) is 0 Å². The normalized spacial score (nSPS) is 29.2. The van der Waals surface area contributed by atoms with Crippen molar-refractivity contribution in [3.63, 3.8) is 0 Å². The minimum Gasteiger partial charge on any atom is -0.333 e. The summed E-state index contributed by atoms with van der Waals surface area (Å²) in [7, 11) is -1.23. The number of nitrogens with one attached hydrogen (secondary N) is 1. The third-order valence-corrected chi connectivity index (χ3v) is 5.18. The van der Waals surface area contributed by atoms with Gasteiger partial charge in [0, 0.05) is 20.8 Å². The van der Waals surface area contributed by atoms with Crippen molar-refractivity contribution in [3.8, 4) is 0 Å². The molecule has 2 fully saturated rings. The second-order valence-electron chi connectivity index (χ2n) is 4.01. The Balaban J connectivity index is 2.28. The number of hydrogen-bond donors (Lipinski definition) is 1. The summed E-state index contributed by atoms with van der Waals surface area (Å²) in [6.07, 6.45) is 1.43. The highest BCUT2D eigenvalue weighted by molar-refractivity contribution is 7.55. The second kappa shape index (κ2) is 4.40. The molecular formula is C9H15N2O5P. The Morgan fingerprint density at radius 2 is 2.00 bits per heavy atom. The number of rotatable bonds is 3. The molecule has 7 nitrogen and oxygen atoms in total. The number of carbonyl (C=O) groups is 2. The molecule has 0 spiro atoms. The third-order valence-electron chi connectivity index (χ3n) is 3.18. The zero-order valence-electron chi connectivity index (χ0n) is 9.71. The highest BCUT2D eigenvalue weighted by Gasteiger charge is 2.51. The molecule has 0 aliphatic carbocycles. The zero-order chi connectivity index (χ0) is 12.6. The first kappa shape index (κ1) is 12.5. The monoisotopic (exact) mass is 262 g/mol. The molecule has 0 aromatic carbocycles. The maximum atomic E-state index is 12.1. The van der Waals surface area contributed by atoms with E-state index in [1.807, 2.05) is 0 Å². The van der Waals surface area contributed by atoms with Crippen LogP contribution >= 0.6 is 7.60 Å². The van der Waals surface area contributed by atoms with Crippen molar-refractivity contribution in [2.45, 2.75) is 24.7 Å². The van der Waals surface area contributed by atoms with Gasteiger partial charge in [-0.25, -0.2) is 0 Å². The molecule has 2 amide bonds. The van der Waals surface area contributed by atoms with E-state index in [4.69, 9.17) is 9.05 Å². The second-order valence-corrected chi connectivity index (χ2v) is 6.33. The van der Waals surface area contributed by atoms with Crippen LogP contribution in [0.1, 0.15) is 12.8 Å². The van der Waals surface area contributed by atoms with Crippen LogP contribution < -0.4 is 5.32 Å². The van der Waals surface area contributed by atoms with Crippen molar-refractivity contribution in [1.29, 1.82) is 0 Å². The lowest BCUT2D eigenvalue weighted by Gasteiger charge is -2.36. The number of hydrogen-bond acceptors (Lipinski definition) is 5. The first-order valence-electron chi connectivity index (χ1n) is 5.35. The molecule has 2 aliphatic rings. The van der Waals surface area contributed by atoms with E-state index in [1.165, 1.54) is 19.1 Å². The largest absolute Gasteiger partial charge is 0.361 e. The van der Waals surface area contributed by atoms with Crippen LogP contribution in [0.4, 0.5) is 0 Å². The van der Waals surface area contributed by atoms with Crippen LogP contribution in [0.25, 0.3) is 0 Å². The number of amides is 2. The molecule has 1 unspecified atom stereocenters. The number of piperazine rings is 1. The van der Waals surface area contributed by atoms with Gasteiger partial charge in [0.1, 0.15) is 6.04 Å². The first-order chi connectivity index (χ1) is 8.03. The van der Waals surface area contributed by atoms with Gasteiger partial charge in [-0.2, -0.15) is 0 Å². The maximum absolute atomic E-state index is 12.1. The zero-order valence-corrected chi connectivity index (χ0v) is 10.6. The molecule has 2 rings (SSSR count). The highest BCUT2D eigenvalue weighted by atomic mass is 31.2. The lowest BCUT2D eigenvalue weighted by atomic mass is 10.2. The van der Waals surface area contributed by atoms with Gasteiger partial charge in [-0.3, -0.25) is 14.2 Å². The van der Waals surface area contributed by atoms with Gasteiger partial charge in [0.2, 0.25) is 11.7 Å². The predicted molar refractivity (Wildman–Crippen MR) is 58.3 cm³/mol. The van der Waals surface area contributed by atoms with Crippen LogP contribution in [-0.4, -0.2) is 49.3 Å². The Hall–Kier alpha value is -0.910. The fourth-order valence-electron chi connectivity index (χ4n) is 2.25. The molecule has 17 heavy (non-hydrogen) atoms. The van der Waals surface area contributed by atoms with E-state index in [2.05, 4.69) is 5.32 Å². The van der Waals surface area contributed by atoms with E-state index in [9.17, 15) is 14.2 Å². The van der Waals surface area contributed by atoms with Crippen molar-refractivity contribution in [1.82, 2.24) is 10.2 Å². The molecular weight excluding hydrogens is 247 g/mol. The average Bonchev–Trinajstić information content (AvgIpc) is 2.82. The molecule has 2 heterocycles. The molecule has 0 aromatic heterocycles. The smallest absolute Gasteiger partial charge is 0.333 e. The van der Waals surface area contributed by atoms with Gasteiger partial charge in [-0.15, -0.1) is 0 Å². The average molecular weight is 262 g/mol. The van der Waals surface area contributed by atoms with Crippen molar-refractivity contribution in [2.24, 2.45) is 0 Å². The Labute approximate surface area is 99.0 Å². The van der Waals surface area contributed by atoms with Crippen LogP contribution in [0.2, 0.25) is 0 Å². The van der Waals surface area contributed by atoms with Gasteiger partial charge >= 0.3 is 7.60 Å². The van der Waals surface area contributed by atoms with E-state index < -0.39 is 19.4 Å². The van der Waals surface area contributed by atoms with Crippen molar-refractivity contribution >= 4 is 19.4 Å². The van der Waals surface area contributed by atoms with Crippen LogP contribution in [0, 0.1) is 0 Å². The Kier molecular flexibility index (Phi) is 3.25. The van der Waals surface area contributed by atoms with Crippen LogP contribution in [0.15, 0.2) is 0 Å². The molecule has 0 aromatic rings. The molecule has 0 bridgehead atoms. The van der Waals surface area contributed by atoms with Gasteiger partial charge in [-0.05, 0) is 12.8 Å². The molecule has 0 radical (unpaired) electrons. The predicted octanol–water partition coefficient (Wildman–Crippen LogP) is -0.0808. The Bertz CT molecular complexity index is 391. The van der Waals surface area contributed by atoms with Gasteiger partial charge in [0.05, 0.1) is 0 Å². The lowest BCUT2D eigenvalue weighted by molar-refractivity contribution is -0.145. The number of fused-ring (bicyclic) bond motifs is 1. The van der Waals surface area contributed by atoms with Gasteiger partial charge in [0.25, 0.3) is 5.91 Å². The quantitative estimate of drug-likeness (QED) is 0.719. The molecule has 1 N–H and O–H groups in total. The summed E-state index contributed by atoms with van der Waals surface area (Å²) < 4.78 is 21.7.